The minimum absolute atomic E-state index is 0.00882. The van der Waals surface area contributed by atoms with Crippen molar-refractivity contribution >= 4 is 27.9 Å². The molecule has 0 saturated carbocycles. The summed E-state index contributed by atoms with van der Waals surface area (Å²) in [6, 6.07) is 16.8. The van der Waals surface area contributed by atoms with Crippen LogP contribution in [0.5, 0.6) is 0 Å². The molecule has 1 amide bonds. The number of carbonyl (C=O) groups excluding carboxylic acids is 1. The number of para-hydroxylation sites is 3. The summed E-state index contributed by atoms with van der Waals surface area (Å²) in [6.45, 7) is 5.52. The molecule has 1 aliphatic rings. The van der Waals surface area contributed by atoms with Gasteiger partial charge in [-0.15, -0.1) is 0 Å². The third-order valence-corrected chi connectivity index (χ3v) is 6.00. The summed E-state index contributed by atoms with van der Waals surface area (Å²) < 4.78 is 12.9. The van der Waals surface area contributed by atoms with Gasteiger partial charge >= 0.3 is 5.63 Å². The van der Waals surface area contributed by atoms with Crippen molar-refractivity contribution in [2.45, 2.75) is 13.0 Å². The van der Waals surface area contributed by atoms with Crippen LogP contribution < -0.4 is 10.9 Å². The number of aromatic nitrogens is 2. The molecule has 1 saturated heterocycles. The van der Waals surface area contributed by atoms with E-state index in [1.807, 2.05) is 30.3 Å². The molecule has 33 heavy (non-hydrogen) atoms. The van der Waals surface area contributed by atoms with E-state index in [2.05, 4.69) is 20.9 Å². The number of nitrogens with one attached hydrogen (secondary N) is 1. The predicted molar refractivity (Wildman–Crippen MR) is 126 cm³/mol. The van der Waals surface area contributed by atoms with Crippen molar-refractivity contribution in [2.75, 3.05) is 39.4 Å². The van der Waals surface area contributed by atoms with Crippen LogP contribution in [0.3, 0.4) is 0 Å². The van der Waals surface area contributed by atoms with Gasteiger partial charge in [-0.2, -0.15) is 0 Å². The highest BCUT2D eigenvalue weighted by molar-refractivity contribution is 5.96. The monoisotopic (exact) mass is 446 g/mol. The molecule has 4 aromatic rings. The molecule has 5 rings (SSSR count). The number of nitrogens with zero attached hydrogens (tertiary/aromatic N) is 3. The lowest BCUT2D eigenvalue weighted by molar-refractivity contribution is 0.0364. The van der Waals surface area contributed by atoms with Crippen molar-refractivity contribution in [1.29, 1.82) is 0 Å². The predicted octanol–water partition coefficient (Wildman–Crippen LogP) is 2.45. The van der Waals surface area contributed by atoms with Crippen molar-refractivity contribution in [3.63, 3.8) is 0 Å². The average molecular weight is 447 g/mol. The Morgan fingerprint density at radius 1 is 1.03 bits per heavy atom. The first kappa shape index (κ1) is 21.4. The van der Waals surface area contributed by atoms with Gasteiger partial charge in [0, 0.05) is 44.5 Å². The Bertz CT molecular complexity index is 1340. The van der Waals surface area contributed by atoms with Crippen LogP contribution in [-0.4, -0.2) is 59.8 Å². The molecule has 1 N–H and O–H groups in total. The van der Waals surface area contributed by atoms with E-state index in [1.54, 1.807) is 18.2 Å². The Hall–Kier alpha value is -3.49. The van der Waals surface area contributed by atoms with Crippen LogP contribution in [0.4, 0.5) is 0 Å². The zero-order valence-electron chi connectivity index (χ0n) is 18.3. The molecule has 170 valence electrons. The Labute approximate surface area is 190 Å². The quantitative estimate of drug-likeness (QED) is 0.439. The Morgan fingerprint density at radius 3 is 2.70 bits per heavy atom. The van der Waals surface area contributed by atoms with Crippen LogP contribution >= 0.6 is 0 Å². The first-order chi connectivity index (χ1) is 16.2. The molecule has 0 bridgehead atoms. The molecule has 0 atom stereocenters. The Balaban J connectivity index is 1.28. The standard InChI is InChI=1S/C25H26N4O4/c30-24(19-17-18-5-1-4-8-22(18)33-25(19)31)26-10-9-23-27-20-6-2-3-7-21(20)29(23)12-11-28-13-15-32-16-14-28/h1-8,17H,9-16H2,(H,26,30). The fourth-order valence-corrected chi connectivity index (χ4v) is 4.24. The molecule has 1 fully saturated rings. The summed E-state index contributed by atoms with van der Waals surface area (Å²) >= 11 is 0. The fraction of sp³-hybridized carbons (Fsp3) is 0.320. The molecular weight excluding hydrogens is 420 g/mol. The van der Waals surface area contributed by atoms with E-state index >= 15 is 0 Å². The highest BCUT2D eigenvalue weighted by Gasteiger charge is 2.16. The van der Waals surface area contributed by atoms with Gasteiger partial charge in [-0.05, 0) is 24.3 Å². The molecule has 2 aromatic carbocycles. The number of hydrogen-bond donors (Lipinski definition) is 1. The number of imidazole rings is 1. The topological polar surface area (TPSA) is 89.6 Å². The van der Waals surface area contributed by atoms with Crippen LogP contribution in [0.1, 0.15) is 16.2 Å². The summed E-state index contributed by atoms with van der Waals surface area (Å²) in [6.07, 6.45) is 0.558. The Kier molecular flexibility index (Phi) is 6.19. The van der Waals surface area contributed by atoms with E-state index < -0.39 is 11.5 Å². The van der Waals surface area contributed by atoms with Crippen LogP contribution in [0.15, 0.2) is 63.8 Å². The van der Waals surface area contributed by atoms with E-state index in [-0.39, 0.29) is 5.56 Å². The summed E-state index contributed by atoms with van der Waals surface area (Å²) in [5.74, 6) is 0.473. The van der Waals surface area contributed by atoms with E-state index in [0.717, 1.165) is 56.3 Å². The maximum absolute atomic E-state index is 12.7. The number of benzene rings is 2. The van der Waals surface area contributed by atoms with Gasteiger partial charge in [-0.1, -0.05) is 30.3 Å². The van der Waals surface area contributed by atoms with Gasteiger partial charge in [0.1, 0.15) is 17.0 Å². The normalized spacial score (nSPS) is 14.7. The number of fused-ring (bicyclic) bond motifs is 2. The average Bonchev–Trinajstić information content (AvgIpc) is 3.20. The van der Waals surface area contributed by atoms with Crippen molar-refractivity contribution in [1.82, 2.24) is 19.8 Å². The van der Waals surface area contributed by atoms with Gasteiger partial charge in [-0.3, -0.25) is 9.69 Å². The van der Waals surface area contributed by atoms with Crippen LogP contribution in [0.25, 0.3) is 22.0 Å². The highest BCUT2D eigenvalue weighted by atomic mass is 16.5. The third-order valence-electron chi connectivity index (χ3n) is 6.00. The molecule has 0 unspecified atom stereocenters. The molecular formula is C25H26N4O4. The molecule has 8 nitrogen and oxygen atoms in total. The summed E-state index contributed by atoms with van der Waals surface area (Å²) in [5, 5.41) is 3.57. The molecule has 2 aromatic heterocycles. The molecule has 0 spiro atoms. The minimum atomic E-state index is -0.635. The zero-order valence-corrected chi connectivity index (χ0v) is 18.3. The van der Waals surface area contributed by atoms with E-state index in [9.17, 15) is 9.59 Å². The molecule has 1 aliphatic heterocycles. The minimum Gasteiger partial charge on any atom is -0.422 e. The van der Waals surface area contributed by atoms with Crippen molar-refractivity contribution < 1.29 is 13.9 Å². The van der Waals surface area contributed by atoms with E-state index in [4.69, 9.17) is 14.1 Å². The smallest absolute Gasteiger partial charge is 0.349 e. The largest absolute Gasteiger partial charge is 0.422 e. The van der Waals surface area contributed by atoms with Gasteiger partial charge in [0.15, 0.2) is 0 Å². The van der Waals surface area contributed by atoms with Gasteiger partial charge in [0.2, 0.25) is 0 Å². The van der Waals surface area contributed by atoms with Crippen LogP contribution in [-0.2, 0) is 17.7 Å². The zero-order chi connectivity index (χ0) is 22.6. The number of rotatable bonds is 7. The lowest BCUT2D eigenvalue weighted by atomic mass is 10.2. The highest BCUT2D eigenvalue weighted by Crippen LogP contribution is 2.17. The molecule has 0 radical (unpaired) electrons. The van der Waals surface area contributed by atoms with Crippen molar-refractivity contribution in [3.05, 3.63) is 76.4 Å². The lowest BCUT2D eigenvalue weighted by Crippen LogP contribution is -2.38. The number of ether oxygens (including phenoxy) is 1. The molecule has 3 heterocycles. The molecule has 8 heteroatoms. The van der Waals surface area contributed by atoms with Gasteiger partial charge in [-0.25, -0.2) is 9.78 Å². The van der Waals surface area contributed by atoms with Crippen molar-refractivity contribution in [2.24, 2.45) is 0 Å². The maximum Gasteiger partial charge on any atom is 0.349 e. The maximum atomic E-state index is 12.7. The van der Waals surface area contributed by atoms with Crippen molar-refractivity contribution in [3.8, 4) is 0 Å². The van der Waals surface area contributed by atoms with E-state index in [1.165, 1.54) is 0 Å². The van der Waals surface area contributed by atoms with E-state index in [0.29, 0.717) is 23.9 Å². The summed E-state index contributed by atoms with van der Waals surface area (Å²) in [7, 11) is 0. The second-order valence-corrected chi connectivity index (χ2v) is 8.11. The second-order valence-electron chi connectivity index (χ2n) is 8.11. The fourth-order valence-electron chi connectivity index (χ4n) is 4.24. The van der Waals surface area contributed by atoms with Gasteiger partial charge < -0.3 is 19.0 Å². The number of hydrogen-bond acceptors (Lipinski definition) is 6. The van der Waals surface area contributed by atoms with Gasteiger partial charge in [0.25, 0.3) is 5.91 Å². The first-order valence-electron chi connectivity index (χ1n) is 11.2. The lowest BCUT2D eigenvalue weighted by Gasteiger charge is -2.27. The SMILES string of the molecule is O=C(NCCc1nc2ccccc2n1CCN1CCOCC1)c1cc2ccccc2oc1=O. The van der Waals surface area contributed by atoms with Crippen LogP contribution in [0, 0.1) is 0 Å². The molecule has 0 aliphatic carbocycles. The van der Waals surface area contributed by atoms with Crippen LogP contribution in [0.2, 0.25) is 0 Å². The number of morpholine rings is 1. The number of amides is 1. The summed E-state index contributed by atoms with van der Waals surface area (Å²) in [4.78, 5) is 32.1. The second kappa shape index (κ2) is 9.56. The summed E-state index contributed by atoms with van der Waals surface area (Å²) in [5.41, 5.74) is 1.87. The first-order valence-corrected chi connectivity index (χ1v) is 11.2. The Morgan fingerprint density at radius 2 is 1.82 bits per heavy atom. The number of carbonyl (C=O) groups is 1. The van der Waals surface area contributed by atoms with Gasteiger partial charge in [0.05, 0.1) is 24.2 Å². The third kappa shape index (κ3) is 4.67.